The van der Waals surface area contributed by atoms with Gasteiger partial charge >= 0.3 is 5.97 Å². The van der Waals surface area contributed by atoms with Crippen molar-refractivity contribution in [3.8, 4) is 0 Å². The molecule has 6 nitrogen and oxygen atoms in total. The van der Waals surface area contributed by atoms with Crippen molar-refractivity contribution in [2.75, 3.05) is 12.4 Å². The molecule has 0 saturated carbocycles. The quantitative estimate of drug-likeness (QED) is 0.358. The van der Waals surface area contributed by atoms with E-state index >= 15 is 0 Å². The highest BCUT2D eigenvalue weighted by Crippen LogP contribution is 2.43. The molecular formula is C29H40O6SSi. The summed E-state index contributed by atoms with van der Waals surface area (Å²) >= 11 is 1.61. The third-order valence-electron chi connectivity index (χ3n) is 6.94. The van der Waals surface area contributed by atoms with E-state index in [1.54, 1.807) is 11.8 Å². The van der Waals surface area contributed by atoms with Gasteiger partial charge < -0.3 is 23.4 Å². The molecule has 0 N–H and O–H groups in total. The van der Waals surface area contributed by atoms with Gasteiger partial charge in [-0.15, -0.1) is 11.8 Å². The SMILES string of the molecule is CCSC1O[C@H](CO[Si](c2ccccc2)(c2ccccc2)C(C)(C)C)[C@@H]2OC(C)(C)O[C@@H]2[C@H]1OC(C)=O. The molecule has 5 atom stereocenters. The Morgan fingerprint density at radius 2 is 1.51 bits per heavy atom. The lowest BCUT2D eigenvalue weighted by Crippen LogP contribution is -2.68. The third-order valence-corrected chi connectivity index (χ3v) is 13.0. The molecular weight excluding hydrogens is 504 g/mol. The number of esters is 1. The van der Waals surface area contributed by atoms with Crippen molar-refractivity contribution in [2.45, 2.75) is 89.1 Å². The van der Waals surface area contributed by atoms with E-state index in [1.807, 2.05) is 26.0 Å². The van der Waals surface area contributed by atoms with Crippen LogP contribution in [0.15, 0.2) is 60.7 Å². The fourth-order valence-corrected chi connectivity index (χ4v) is 11.1. The smallest absolute Gasteiger partial charge is 0.303 e. The van der Waals surface area contributed by atoms with Gasteiger partial charge in [-0.05, 0) is 35.0 Å². The van der Waals surface area contributed by atoms with Crippen LogP contribution in [-0.4, -0.2) is 62.3 Å². The van der Waals surface area contributed by atoms with E-state index in [1.165, 1.54) is 17.3 Å². The van der Waals surface area contributed by atoms with Crippen LogP contribution in [0.1, 0.15) is 48.5 Å². The molecule has 0 bridgehead atoms. The molecule has 2 aliphatic heterocycles. The van der Waals surface area contributed by atoms with Crippen LogP contribution in [0.2, 0.25) is 5.04 Å². The first-order chi connectivity index (χ1) is 17.5. The molecule has 202 valence electrons. The van der Waals surface area contributed by atoms with Crippen molar-refractivity contribution >= 4 is 36.4 Å². The van der Waals surface area contributed by atoms with Gasteiger partial charge in [0.15, 0.2) is 11.9 Å². The lowest BCUT2D eigenvalue weighted by Gasteiger charge is -2.46. The van der Waals surface area contributed by atoms with Gasteiger partial charge in [0.1, 0.15) is 23.7 Å². The van der Waals surface area contributed by atoms with Crippen LogP contribution in [0.4, 0.5) is 0 Å². The highest BCUT2D eigenvalue weighted by Gasteiger charge is 2.58. The number of benzene rings is 2. The molecule has 0 aromatic heterocycles. The first-order valence-electron chi connectivity index (χ1n) is 13.0. The maximum Gasteiger partial charge on any atom is 0.303 e. The number of hydrogen-bond donors (Lipinski definition) is 0. The zero-order chi connectivity index (χ0) is 26.8. The summed E-state index contributed by atoms with van der Waals surface area (Å²) in [4.78, 5) is 12.0. The van der Waals surface area contributed by atoms with Gasteiger partial charge in [0, 0.05) is 6.92 Å². The summed E-state index contributed by atoms with van der Waals surface area (Å²) in [5.74, 6) is -0.366. The molecule has 4 rings (SSSR count). The third kappa shape index (κ3) is 5.84. The minimum atomic E-state index is -2.77. The molecule has 37 heavy (non-hydrogen) atoms. The Hall–Kier alpha value is -1.68. The Labute approximate surface area is 226 Å². The van der Waals surface area contributed by atoms with Gasteiger partial charge in [0.2, 0.25) is 0 Å². The van der Waals surface area contributed by atoms with E-state index in [-0.39, 0.29) is 22.5 Å². The molecule has 2 fully saturated rings. The van der Waals surface area contributed by atoms with Gasteiger partial charge in [-0.2, -0.15) is 0 Å². The number of thioether (sulfide) groups is 1. The molecule has 2 heterocycles. The number of carbonyl (C=O) groups excluding carboxylic acids is 1. The van der Waals surface area contributed by atoms with Crippen LogP contribution in [0.25, 0.3) is 0 Å². The largest absolute Gasteiger partial charge is 0.456 e. The van der Waals surface area contributed by atoms with Crippen LogP contribution in [0.3, 0.4) is 0 Å². The van der Waals surface area contributed by atoms with Gasteiger partial charge in [0.25, 0.3) is 8.32 Å². The predicted molar refractivity (Wildman–Crippen MR) is 150 cm³/mol. The van der Waals surface area contributed by atoms with Gasteiger partial charge in [-0.25, -0.2) is 0 Å². The summed E-state index contributed by atoms with van der Waals surface area (Å²) in [6, 6.07) is 21.1. The number of rotatable bonds is 8. The monoisotopic (exact) mass is 544 g/mol. The number of fused-ring (bicyclic) bond motifs is 1. The van der Waals surface area contributed by atoms with Crippen LogP contribution in [-0.2, 0) is 28.2 Å². The van der Waals surface area contributed by atoms with E-state index in [4.69, 9.17) is 23.4 Å². The Balaban J connectivity index is 1.72. The molecule has 8 heteroatoms. The Bertz CT molecular complexity index is 1000. The maximum atomic E-state index is 12.0. The summed E-state index contributed by atoms with van der Waals surface area (Å²) in [6.45, 7) is 14.4. The van der Waals surface area contributed by atoms with Crippen LogP contribution in [0, 0.1) is 0 Å². The average Bonchev–Trinajstić information content (AvgIpc) is 3.17. The Morgan fingerprint density at radius 1 is 0.973 bits per heavy atom. The maximum absolute atomic E-state index is 12.0. The molecule has 0 aliphatic carbocycles. The minimum Gasteiger partial charge on any atom is -0.456 e. The fourth-order valence-electron chi connectivity index (χ4n) is 5.56. The number of hydrogen-bond acceptors (Lipinski definition) is 7. The summed E-state index contributed by atoms with van der Waals surface area (Å²) in [5.41, 5.74) is -0.375. The molecule has 0 amide bonds. The van der Waals surface area contributed by atoms with Crippen molar-refractivity contribution in [1.29, 1.82) is 0 Å². The molecule has 0 radical (unpaired) electrons. The fraction of sp³-hybridized carbons (Fsp3) is 0.552. The van der Waals surface area contributed by atoms with Gasteiger partial charge in [0.05, 0.1) is 6.61 Å². The van der Waals surface area contributed by atoms with Gasteiger partial charge in [-0.1, -0.05) is 88.4 Å². The summed E-state index contributed by atoms with van der Waals surface area (Å²) in [5, 5.41) is 2.26. The first-order valence-corrected chi connectivity index (χ1v) is 16.0. The summed E-state index contributed by atoms with van der Waals surface area (Å²) in [6.07, 6.45) is -1.81. The highest BCUT2D eigenvalue weighted by molar-refractivity contribution is 7.99. The van der Waals surface area contributed by atoms with Gasteiger partial charge in [-0.3, -0.25) is 4.79 Å². The summed E-state index contributed by atoms with van der Waals surface area (Å²) < 4.78 is 32.2. The normalized spacial score (nSPS) is 27.5. The van der Waals surface area contributed by atoms with E-state index in [9.17, 15) is 4.79 Å². The first kappa shape index (κ1) is 28.3. The minimum absolute atomic E-state index is 0.159. The molecule has 2 aromatic carbocycles. The number of ether oxygens (including phenoxy) is 4. The van der Waals surface area contributed by atoms with Crippen LogP contribution >= 0.6 is 11.8 Å². The average molecular weight is 545 g/mol. The lowest BCUT2D eigenvalue weighted by atomic mass is 10.0. The predicted octanol–water partition coefficient (Wildman–Crippen LogP) is 4.49. The van der Waals surface area contributed by atoms with E-state index in [2.05, 4.69) is 76.2 Å². The van der Waals surface area contributed by atoms with Crippen molar-refractivity contribution in [3.63, 3.8) is 0 Å². The van der Waals surface area contributed by atoms with E-state index in [0.717, 1.165) is 5.75 Å². The molecule has 0 spiro atoms. The topological polar surface area (TPSA) is 63.2 Å². The zero-order valence-electron chi connectivity index (χ0n) is 22.9. The van der Waals surface area contributed by atoms with E-state index < -0.39 is 32.4 Å². The molecule has 1 unspecified atom stereocenters. The van der Waals surface area contributed by atoms with Crippen molar-refractivity contribution in [1.82, 2.24) is 0 Å². The van der Waals surface area contributed by atoms with Crippen molar-refractivity contribution < 1.29 is 28.2 Å². The van der Waals surface area contributed by atoms with Crippen LogP contribution in [0.5, 0.6) is 0 Å². The second kappa shape index (κ2) is 11.2. The van der Waals surface area contributed by atoms with Crippen molar-refractivity contribution in [2.24, 2.45) is 0 Å². The molecule has 2 aliphatic rings. The van der Waals surface area contributed by atoms with Crippen molar-refractivity contribution in [3.05, 3.63) is 60.7 Å². The van der Waals surface area contributed by atoms with Crippen LogP contribution < -0.4 is 10.4 Å². The lowest BCUT2D eigenvalue weighted by molar-refractivity contribution is -0.191. The molecule has 2 aromatic rings. The summed E-state index contributed by atoms with van der Waals surface area (Å²) in [7, 11) is -2.77. The Morgan fingerprint density at radius 3 is 2.00 bits per heavy atom. The highest BCUT2D eigenvalue weighted by atomic mass is 32.2. The van der Waals surface area contributed by atoms with E-state index in [0.29, 0.717) is 6.61 Å². The Kier molecular flexibility index (Phi) is 8.58. The zero-order valence-corrected chi connectivity index (χ0v) is 24.7. The second-order valence-electron chi connectivity index (χ2n) is 11.1. The number of carbonyl (C=O) groups is 1. The second-order valence-corrected chi connectivity index (χ2v) is 16.8. The standard InChI is InChI=1S/C29H40O6SSi/c1-8-36-27-26(32-20(2)30)25-24(34-29(6,7)35-25)23(33-27)19-31-37(28(3,4)5,21-15-11-9-12-16-21)22-17-13-10-14-18-22/h9-18,23-27H,8,19H2,1-7H3/t23-,24+,25+,26-,27?/m1/s1. The molecule has 2 saturated heterocycles.